The summed E-state index contributed by atoms with van der Waals surface area (Å²) < 4.78 is 36.8. The van der Waals surface area contributed by atoms with E-state index in [1.54, 1.807) is 0 Å². The van der Waals surface area contributed by atoms with Crippen LogP contribution in [0, 0.1) is 5.92 Å². The molecule has 5 heteroatoms. The van der Waals surface area contributed by atoms with Crippen molar-refractivity contribution in [2.24, 2.45) is 5.92 Å². The minimum atomic E-state index is -4.62. The second kappa shape index (κ2) is 4.35. The van der Waals surface area contributed by atoms with Gasteiger partial charge in [-0.15, -0.1) is 0 Å². The minimum absolute atomic E-state index is 0.104. The van der Waals surface area contributed by atoms with Gasteiger partial charge in [0.15, 0.2) is 0 Å². The highest BCUT2D eigenvalue weighted by Gasteiger charge is 2.36. The smallest absolute Gasteiger partial charge is 0.449 e. The molecule has 0 aromatic heterocycles. The lowest BCUT2D eigenvalue weighted by molar-refractivity contribution is 0.222. The summed E-state index contributed by atoms with van der Waals surface area (Å²) in [6.45, 7) is -4.52. The van der Waals surface area contributed by atoms with Crippen molar-refractivity contribution in [1.82, 2.24) is 0 Å². The van der Waals surface area contributed by atoms with Gasteiger partial charge in [-0.2, -0.15) is 0 Å². The molecule has 78 valence electrons. The van der Waals surface area contributed by atoms with Crippen LogP contribution in [0.5, 0.6) is 0 Å². The van der Waals surface area contributed by atoms with Gasteiger partial charge in [-0.25, -0.2) is 0 Å². The van der Waals surface area contributed by atoms with Gasteiger partial charge in [-0.1, -0.05) is 31.5 Å². The number of rotatable bonds is 3. The summed E-state index contributed by atoms with van der Waals surface area (Å²) in [6, 6.07) is 0. The topological polar surface area (TPSA) is 20.2 Å². The molecule has 1 saturated carbocycles. The van der Waals surface area contributed by atoms with Crippen molar-refractivity contribution in [2.75, 3.05) is 6.61 Å². The average Bonchev–Trinajstić information content (AvgIpc) is 2.04. The van der Waals surface area contributed by atoms with Gasteiger partial charge in [0.25, 0.3) is 0 Å². The fourth-order valence-corrected chi connectivity index (χ4v) is 2.04. The molecule has 1 aliphatic carbocycles. The molecule has 0 bridgehead atoms. The summed E-state index contributed by atoms with van der Waals surface area (Å²) in [7, 11) is 0. The zero-order chi connectivity index (χ0) is 9.90. The van der Waals surface area contributed by atoms with E-state index in [2.05, 4.69) is 0 Å². The Labute approximate surface area is 76.4 Å². The van der Waals surface area contributed by atoms with E-state index in [-0.39, 0.29) is 19.4 Å². The van der Waals surface area contributed by atoms with Gasteiger partial charge >= 0.3 is 6.98 Å². The molecule has 0 aromatic rings. The van der Waals surface area contributed by atoms with Crippen molar-refractivity contribution >= 4 is 6.98 Å². The number of halogens is 3. The number of aliphatic hydroxyl groups is 1. The maximum Gasteiger partial charge on any atom is 0.481 e. The molecule has 0 amide bonds. The van der Waals surface area contributed by atoms with Gasteiger partial charge in [0.2, 0.25) is 0 Å². The molecule has 13 heavy (non-hydrogen) atoms. The molecule has 0 atom stereocenters. The first kappa shape index (κ1) is 10.9. The predicted molar refractivity (Wildman–Crippen MR) is 46.5 cm³/mol. The van der Waals surface area contributed by atoms with Gasteiger partial charge < -0.3 is 18.1 Å². The summed E-state index contributed by atoms with van der Waals surface area (Å²) in [5.74, 6) is -0.714. The molecule has 0 unspecified atom stereocenters. The van der Waals surface area contributed by atoms with Crippen LogP contribution < -0.4 is 0 Å². The third-order valence-corrected chi connectivity index (χ3v) is 2.96. The maximum atomic E-state index is 12.3. The second-order valence-electron chi connectivity index (χ2n) is 3.92. The first-order chi connectivity index (χ1) is 6.04. The maximum absolute atomic E-state index is 12.3. The van der Waals surface area contributed by atoms with Crippen LogP contribution in [0.3, 0.4) is 0 Å². The molecular formula is C8H15BF3O-. The van der Waals surface area contributed by atoms with E-state index in [0.29, 0.717) is 25.2 Å². The van der Waals surface area contributed by atoms with Gasteiger partial charge in [0.05, 0.1) is 0 Å². The van der Waals surface area contributed by atoms with Crippen LogP contribution in [-0.4, -0.2) is 18.7 Å². The lowest BCUT2D eigenvalue weighted by Crippen LogP contribution is -2.28. The van der Waals surface area contributed by atoms with Crippen molar-refractivity contribution in [1.29, 1.82) is 0 Å². The van der Waals surface area contributed by atoms with Crippen LogP contribution >= 0.6 is 0 Å². The van der Waals surface area contributed by atoms with Gasteiger partial charge in [0.1, 0.15) is 0 Å². The Bertz CT molecular complexity index is 152. The normalized spacial score (nSPS) is 30.5. The summed E-state index contributed by atoms with van der Waals surface area (Å²) in [4.78, 5) is 0. The largest absolute Gasteiger partial charge is 0.481 e. The SMILES string of the molecule is OCCC1CCC([B-](F)(F)F)CC1. The van der Waals surface area contributed by atoms with E-state index in [1.807, 2.05) is 0 Å². The summed E-state index contributed by atoms with van der Waals surface area (Å²) in [5, 5.41) is 8.63. The van der Waals surface area contributed by atoms with Crippen LogP contribution in [0.2, 0.25) is 5.82 Å². The molecule has 0 aliphatic heterocycles. The Morgan fingerprint density at radius 1 is 1.08 bits per heavy atom. The Morgan fingerprint density at radius 3 is 2.00 bits per heavy atom. The van der Waals surface area contributed by atoms with Crippen molar-refractivity contribution in [3.63, 3.8) is 0 Å². The number of aliphatic hydroxyl groups excluding tert-OH is 1. The van der Waals surface area contributed by atoms with Crippen LogP contribution in [0.4, 0.5) is 12.9 Å². The van der Waals surface area contributed by atoms with Gasteiger partial charge in [0, 0.05) is 6.61 Å². The van der Waals surface area contributed by atoms with E-state index in [9.17, 15) is 12.9 Å². The zero-order valence-electron chi connectivity index (χ0n) is 7.56. The number of hydrogen-bond acceptors (Lipinski definition) is 1. The van der Waals surface area contributed by atoms with Crippen LogP contribution in [0.15, 0.2) is 0 Å². The van der Waals surface area contributed by atoms with Crippen molar-refractivity contribution in [2.45, 2.75) is 37.9 Å². The summed E-state index contributed by atoms with van der Waals surface area (Å²) in [5.41, 5.74) is 0. The molecule has 0 spiro atoms. The van der Waals surface area contributed by atoms with E-state index >= 15 is 0 Å². The van der Waals surface area contributed by atoms with Crippen LogP contribution in [0.25, 0.3) is 0 Å². The monoisotopic (exact) mass is 195 g/mol. The Kier molecular flexibility index (Phi) is 3.65. The summed E-state index contributed by atoms with van der Waals surface area (Å²) in [6.07, 6.45) is 2.47. The van der Waals surface area contributed by atoms with Gasteiger partial charge in [-0.3, -0.25) is 0 Å². The lowest BCUT2D eigenvalue weighted by Gasteiger charge is -2.34. The Balaban J connectivity index is 2.30. The molecule has 0 aromatic carbocycles. The average molecular weight is 195 g/mol. The Hall–Kier alpha value is -0.185. The van der Waals surface area contributed by atoms with E-state index < -0.39 is 12.8 Å². The standard InChI is InChI=1S/C8H15BF3O/c10-9(11,12)8-3-1-7(2-4-8)5-6-13/h7-8,13H,1-6H2/q-1. The fourth-order valence-electron chi connectivity index (χ4n) is 2.04. The molecule has 1 rings (SSSR count). The predicted octanol–water partition coefficient (Wildman–Crippen LogP) is 2.78. The lowest BCUT2D eigenvalue weighted by atomic mass is 9.63. The third kappa shape index (κ3) is 3.22. The highest BCUT2D eigenvalue weighted by Crippen LogP contribution is 2.41. The Morgan fingerprint density at radius 2 is 1.62 bits per heavy atom. The summed E-state index contributed by atoms with van der Waals surface area (Å²) >= 11 is 0. The molecule has 1 N–H and O–H groups in total. The molecule has 0 radical (unpaired) electrons. The van der Waals surface area contributed by atoms with Gasteiger partial charge in [-0.05, 0) is 12.3 Å². The molecule has 0 saturated heterocycles. The van der Waals surface area contributed by atoms with E-state index in [4.69, 9.17) is 5.11 Å². The first-order valence-electron chi connectivity index (χ1n) is 4.85. The molecule has 1 nitrogen and oxygen atoms in total. The van der Waals surface area contributed by atoms with Crippen molar-refractivity contribution in [3.8, 4) is 0 Å². The van der Waals surface area contributed by atoms with Crippen LogP contribution in [0.1, 0.15) is 32.1 Å². The minimum Gasteiger partial charge on any atom is -0.449 e. The highest BCUT2D eigenvalue weighted by molar-refractivity contribution is 6.60. The van der Waals surface area contributed by atoms with Crippen molar-refractivity contribution < 1.29 is 18.1 Å². The molecule has 0 heterocycles. The first-order valence-corrected chi connectivity index (χ1v) is 4.85. The molecule has 1 aliphatic rings. The van der Waals surface area contributed by atoms with Crippen LogP contribution in [-0.2, 0) is 0 Å². The van der Waals surface area contributed by atoms with E-state index in [1.165, 1.54) is 0 Å². The molecular weight excluding hydrogens is 180 g/mol. The second-order valence-corrected chi connectivity index (χ2v) is 3.92. The van der Waals surface area contributed by atoms with E-state index in [0.717, 1.165) is 0 Å². The quantitative estimate of drug-likeness (QED) is 0.686. The molecule has 1 fully saturated rings. The zero-order valence-corrected chi connectivity index (χ0v) is 7.56. The third-order valence-electron chi connectivity index (χ3n) is 2.96. The van der Waals surface area contributed by atoms with Crippen molar-refractivity contribution in [3.05, 3.63) is 0 Å². The highest BCUT2D eigenvalue weighted by atomic mass is 19.4. The number of hydrogen-bond donors (Lipinski definition) is 1. The fraction of sp³-hybridized carbons (Fsp3) is 1.00.